The van der Waals surface area contributed by atoms with E-state index < -0.39 is 0 Å². The van der Waals surface area contributed by atoms with Crippen LogP contribution in [0.2, 0.25) is 0 Å². The SMILES string of the molecule is Cc1ncccc1Oc1ccc(CNCC(C)C)cn1. The Bertz CT molecular complexity index is 538. The number of nitrogens with zero attached hydrogens (tertiary/aromatic N) is 2. The number of ether oxygens (including phenoxy) is 1. The van der Waals surface area contributed by atoms with Crippen LogP contribution in [0.15, 0.2) is 36.7 Å². The van der Waals surface area contributed by atoms with Crippen molar-refractivity contribution in [3.8, 4) is 11.6 Å². The van der Waals surface area contributed by atoms with Gasteiger partial charge >= 0.3 is 0 Å². The minimum atomic E-state index is 0.591. The molecule has 1 N–H and O–H groups in total. The molecule has 0 spiro atoms. The Morgan fingerprint density at radius 2 is 2.05 bits per heavy atom. The van der Waals surface area contributed by atoms with Crippen LogP contribution in [-0.2, 0) is 6.54 Å². The van der Waals surface area contributed by atoms with Gasteiger partial charge in [-0.25, -0.2) is 4.98 Å². The van der Waals surface area contributed by atoms with E-state index in [0.717, 1.165) is 30.1 Å². The molecule has 0 radical (unpaired) electrons. The Labute approximate surface area is 120 Å². The summed E-state index contributed by atoms with van der Waals surface area (Å²) in [5, 5.41) is 3.39. The molecule has 0 unspecified atom stereocenters. The first-order valence-corrected chi connectivity index (χ1v) is 6.90. The van der Waals surface area contributed by atoms with Gasteiger partial charge in [0.15, 0.2) is 5.75 Å². The zero-order chi connectivity index (χ0) is 14.4. The number of aromatic nitrogens is 2. The molecule has 2 aromatic heterocycles. The van der Waals surface area contributed by atoms with Crippen molar-refractivity contribution in [3.05, 3.63) is 47.9 Å². The van der Waals surface area contributed by atoms with E-state index in [0.29, 0.717) is 11.8 Å². The molecule has 2 rings (SSSR count). The Morgan fingerprint density at radius 1 is 1.20 bits per heavy atom. The molecule has 106 valence electrons. The van der Waals surface area contributed by atoms with Gasteiger partial charge in [-0.1, -0.05) is 19.9 Å². The molecular weight excluding hydrogens is 250 g/mol. The number of aryl methyl sites for hydroxylation is 1. The lowest BCUT2D eigenvalue weighted by Gasteiger charge is -2.09. The largest absolute Gasteiger partial charge is 0.437 e. The fourth-order valence-electron chi connectivity index (χ4n) is 1.77. The molecule has 0 aromatic carbocycles. The van der Waals surface area contributed by atoms with Crippen LogP contribution >= 0.6 is 0 Å². The molecule has 2 aromatic rings. The Kier molecular flexibility index (Phi) is 5.07. The van der Waals surface area contributed by atoms with Crippen molar-refractivity contribution in [3.63, 3.8) is 0 Å². The summed E-state index contributed by atoms with van der Waals surface area (Å²) in [5.41, 5.74) is 2.01. The summed E-state index contributed by atoms with van der Waals surface area (Å²) in [4.78, 5) is 8.51. The zero-order valence-corrected chi connectivity index (χ0v) is 12.3. The summed E-state index contributed by atoms with van der Waals surface area (Å²) in [7, 11) is 0. The standard InChI is InChI=1S/C16H21N3O/c1-12(2)9-17-10-14-6-7-16(19-11-14)20-15-5-4-8-18-13(15)3/h4-8,11-12,17H,9-10H2,1-3H3. The van der Waals surface area contributed by atoms with Gasteiger partial charge in [-0.3, -0.25) is 4.98 Å². The monoisotopic (exact) mass is 271 g/mol. The molecular formula is C16H21N3O. The third-order valence-electron chi connectivity index (χ3n) is 2.85. The minimum Gasteiger partial charge on any atom is -0.437 e. The van der Waals surface area contributed by atoms with Gasteiger partial charge in [-0.15, -0.1) is 0 Å². The van der Waals surface area contributed by atoms with E-state index in [2.05, 4.69) is 29.1 Å². The quantitative estimate of drug-likeness (QED) is 0.875. The molecule has 0 fully saturated rings. The van der Waals surface area contributed by atoms with Crippen molar-refractivity contribution in [2.24, 2.45) is 5.92 Å². The number of pyridine rings is 2. The Morgan fingerprint density at radius 3 is 2.70 bits per heavy atom. The molecule has 4 nitrogen and oxygen atoms in total. The van der Waals surface area contributed by atoms with Crippen LogP contribution in [0.3, 0.4) is 0 Å². The van der Waals surface area contributed by atoms with E-state index in [1.807, 2.05) is 37.4 Å². The number of rotatable bonds is 6. The lowest BCUT2D eigenvalue weighted by molar-refractivity contribution is 0.456. The van der Waals surface area contributed by atoms with Crippen molar-refractivity contribution in [2.75, 3.05) is 6.54 Å². The zero-order valence-electron chi connectivity index (χ0n) is 12.3. The second-order valence-corrected chi connectivity index (χ2v) is 5.22. The highest BCUT2D eigenvalue weighted by Crippen LogP contribution is 2.21. The lowest BCUT2D eigenvalue weighted by atomic mass is 10.2. The number of nitrogens with one attached hydrogen (secondary N) is 1. The second kappa shape index (κ2) is 7.01. The van der Waals surface area contributed by atoms with Crippen molar-refractivity contribution in [2.45, 2.75) is 27.3 Å². The average Bonchev–Trinajstić information content (AvgIpc) is 2.43. The third kappa shape index (κ3) is 4.31. The van der Waals surface area contributed by atoms with Crippen LogP contribution in [0.4, 0.5) is 0 Å². The van der Waals surface area contributed by atoms with Gasteiger partial charge < -0.3 is 10.1 Å². The van der Waals surface area contributed by atoms with E-state index in [1.54, 1.807) is 6.20 Å². The van der Waals surface area contributed by atoms with Crippen molar-refractivity contribution in [1.82, 2.24) is 15.3 Å². The van der Waals surface area contributed by atoms with E-state index in [-0.39, 0.29) is 0 Å². The smallest absolute Gasteiger partial charge is 0.219 e. The Hall–Kier alpha value is -1.94. The minimum absolute atomic E-state index is 0.591. The van der Waals surface area contributed by atoms with E-state index in [4.69, 9.17) is 4.74 Å². The number of hydrogen-bond donors (Lipinski definition) is 1. The van der Waals surface area contributed by atoms with Gasteiger partial charge in [0.1, 0.15) is 0 Å². The summed E-state index contributed by atoms with van der Waals surface area (Å²) in [6, 6.07) is 7.66. The van der Waals surface area contributed by atoms with Gasteiger partial charge in [0.05, 0.1) is 5.69 Å². The molecule has 0 atom stereocenters. The van der Waals surface area contributed by atoms with Crippen molar-refractivity contribution >= 4 is 0 Å². The van der Waals surface area contributed by atoms with E-state index in [9.17, 15) is 0 Å². The molecule has 0 aliphatic heterocycles. The molecule has 0 saturated heterocycles. The molecule has 0 saturated carbocycles. The maximum Gasteiger partial charge on any atom is 0.219 e. The normalized spacial score (nSPS) is 10.8. The first-order chi connectivity index (χ1) is 9.65. The summed E-state index contributed by atoms with van der Waals surface area (Å²) in [6.45, 7) is 8.14. The van der Waals surface area contributed by atoms with Crippen LogP contribution < -0.4 is 10.1 Å². The van der Waals surface area contributed by atoms with Gasteiger partial charge in [-0.2, -0.15) is 0 Å². The van der Waals surface area contributed by atoms with E-state index >= 15 is 0 Å². The average molecular weight is 271 g/mol. The molecule has 0 bridgehead atoms. The van der Waals surface area contributed by atoms with Gasteiger partial charge in [-0.05, 0) is 37.1 Å². The summed E-state index contributed by atoms with van der Waals surface area (Å²) >= 11 is 0. The third-order valence-corrected chi connectivity index (χ3v) is 2.85. The first-order valence-electron chi connectivity index (χ1n) is 6.90. The molecule has 0 aliphatic carbocycles. The highest BCUT2D eigenvalue weighted by atomic mass is 16.5. The van der Waals surface area contributed by atoms with Crippen molar-refractivity contribution < 1.29 is 4.74 Å². The summed E-state index contributed by atoms with van der Waals surface area (Å²) in [6.07, 6.45) is 3.59. The van der Waals surface area contributed by atoms with E-state index in [1.165, 1.54) is 0 Å². The van der Waals surface area contributed by atoms with Crippen LogP contribution in [0.1, 0.15) is 25.1 Å². The van der Waals surface area contributed by atoms with Crippen LogP contribution in [-0.4, -0.2) is 16.5 Å². The van der Waals surface area contributed by atoms with Gasteiger partial charge in [0.2, 0.25) is 5.88 Å². The molecule has 0 aliphatic rings. The molecule has 0 amide bonds. The fourth-order valence-corrected chi connectivity index (χ4v) is 1.77. The predicted octanol–water partition coefficient (Wildman–Crippen LogP) is 3.32. The molecule has 2 heterocycles. The highest BCUT2D eigenvalue weighted by Gasteiger charge is 2.03. The highest BCUT2D eigenvalue weighted by molar-refractivity contribution is 5.30. The summed E-state index contributed by atoms with van der Waals surface area (Å²) < 4.78 is 5.71. The maximum absolute atomic E-state index is 5.71. The maximum atomic E-state index is 5.71. The molecule has 4 heteroatoms. The van der Waals surface area contributed by atoms with Crippen LogP contribution in [0, 0.1) is 12.8 Å². The molecule has 20 heavy (non-hydrogen) atoms. The van der Waals surface area contributed by atoms with Crippen LogP contribution in [0.25, 0.3) is 0 Å². The van der Waals surface area contributed by atoms with Crippen molar-refractivity contribution in [1.29, 1.82) is 0 Å². The second-order valence-electron chi connectivity index (χ2n) is 5.22. The predicted molar refractivity (Wildman–Crippen MR) is 79.8 cm³/mol. The lowest BCUT2D eigenvalue weighted by Crippen LogP contribution is -2.18. The van der Waals surface area contributed by atoms with Gasteiger partial charge in [0, 0.05) is 25.0 Å². The first kappa shape index (κ1) is 14.5. The summed E-state index contributed by atoms with van der Waals surface area (Å²) in [5.74, 6) is 1.98. The fraction of sp³-hybridized carbons (Fsp3) is 0.375. The Balaban J connectivity index is 1.93. The number of hydrogen-bond acceptors (Lipinski definition) is 4. The topological polar surface area (TPSA) is 47.0 Å². The van der Waals surface area contributed by atoms with Crippen LogP contribution in [0.5, 0.6) is 11.6 Å². The van der Waals surface area contributed by atoms with Gasteiger partial charge in [0.25, 0.3) is 0 Å².